The quantitative estimate of drug-likeness (QED) is 0.263. The number of rotatable bonds is 11. The van der Waals surface area contributed by atoms with Gasteiger partial charge in [-0.25, -0.2) is 8.42 Å². The summed E-state index contributed by atoms with van der Waals surface area (Å²) in [4.78, 5) is 28.5. The van der Waals surface area contributed by atoms with Crippen LogP contribution < -0.4 is 14.4 Å². The summed E-state index contributed by atoms with van der Waals surface area (Å²) in [6.07, 6.45) is -4.66. The number of carbonyl (C=O) groups is 2. The molecule has 0 radical (unpaired) electrons. The maximum absolute atomic E-state index is 14.2. The molecule has 0 saturated heterocycles. The van der Waals surface area contributed by atoms with E-state index in [-0.39, 0.29) is 22.9 Å². The van der Waals surface area contributed by atoms with Gasteiger partial charge in [0, 0.05) is 12.1 Å². The molecular formula is C31H35ClF3N3O5S. The van der Waals surface area contributed by atoms with Gasteiger partial charge < -0.3 is 15.0 Å². The van der Waals surface area contributed by atoms with Crippen molar-refractivity contribution in [3.05, 3.63) is 88.9 Å². The highest BCUT2D eigenvalue weighted by Gasteiger charge is 2.37. The molecule has 2 amide bonds. The Kier molecular flexibility index (Phi) is 11.0. The second-order valence-electron chi connectivity index (χ2n) is 11.0. The number of carbonyl (C=O) groups excluding carboxylic acids is 2. The van der Waals surface area contributed by atoms with Crippen LogP contribution in [-0.4, -0.2) is 50.4 Å². The van der Waals surface area contributed by atoms with Gasteiger partial charge in [0.25, 0.3) is 10.0 Å². The molecule has 0 aliphatic heterocycles. The third-order valence-electron chi connectivity index (χ3n) is 6.52. The van der Waals surface area contributed by atoms with Gasteiger partial charge in [-0.3, -0.25) is 13.9 Å². The van der Waals surface area contributed by atoms with Crippen LogP contribution in [-0.2, 0) is 32.3 Å². The monoisotopic (exact) mass is 653 g/mol. The van der Waals surface area contributed by atoms with E-state index in [2.05, 4.69) is 5.32 Å². The lowest BCUT2D eigenvalue weighted by Crippen LogP contribution is -2.55. The number of halogens is 4. The highest BCUT2D eigenvalue weighted by Crippen LogP contribution is 2.37. The molecule has 0 spiro atoms. The number of hydrogen-bond donors (Lipinski definition) is 1. The standard InChI is InChI=1S/C31H35ClF3N3O5S/c1-6-26(29(40)36-30(2,3)4)37(19-21-11-10-12-23(17-21)43-5)28(39)20-38(44(41,42)24-13-8-7-9-14-24)27-18-22(31(33,34)35)15-16-25(27)32/h7-18,26H,6,19-20H2,1-5H3,(H,36,40)/t26-/m0/s1. The lowest BCUT2D eigenvalue weighted by molar-refractivity contribution is -0.141. The Morgan fingerprint density at radius 2 is 1.64 bits per heavy atom. The average Bonchev–Trinajstić information content (AvgIpc) is 2.95. The van der Waals surface area contributed by atoms with Gasteiger partial charge in [-0.05, 0) is 75.2 Å². The Balaban J connectivity index is 2.17. The van der Waals surface area contributed by atoms with E-state index in [0.717, 1.165) is 12.1 Å². The van der Waals surface area contributed by atoms with Crippen LogP contribution in [0.5, 0.6) is 5.75 Å². The zero-order valence-electron chi connectivity index (χ0n) is 25.0. The van der Waals surface area contributed by atoms with Crippen LogP contribution in [0.25, 0.3) is 0 Å². The molecule has 0 aliphatic carbocycles. The van der Waals surface area contributed by atoms with E-state index in [1.165, 1.54) is 36.3 Å². The number of ether oxygens (including phenoxy) is 1. The van der Waals surface area contributed by atoms with E-state index in [9.17, 15) is 31.2 Å². The first-order valence-electron chi connectivity index (χ1n) is 13.7. The van der Waals surface area contributed by atoms with Gasteiger partial charge in [-0.2, -0.15) is 13.2 Å². The minimum atomic E-state index is -4.82. The maximum Gasteiger partial charge on any atom is 0.416 e. The SMILES string of the molecule is CC[C@@H](C(=O)NC(C)(C)C)N(Cc1cccc(OC)c1)C(=O)CN(c1cc(C(F)(F)F)ccc1Cl)S(=O)(=O)c1ccccc1. The smallest absolute Gasteiger partial charge is 0.416 e. The van der Waals surface area contributed by atoms with Gasteiger partial charge in [-0.1, -0.05) is 48.9 Å². The molecule has 0 heterocycles. The molecule has 44 heavy (non-hydrogen) atoms. The largest absolute Gasteiger partial charge is 0.497 e. The molecule has 0 saturated carbocycles. The lowest BCUT2D eigenvalue weighted by atomic mass is 10.1. The number of hydrogen-bond acceptors (Lipinski definition) is 5. The fraction of sp³-hybridized carbons (Fsp3) is 0.355. The number of nitrogens with one attached hydrogen (secondary N) is 1. The summed E-state index contributed by atoms with van der Waals surface area (Å²) in [6, 6.07) is 14.9. The van der Waals surface area contributed by atoms with Crippen molar-refractivity contribution in [1.82, 2.24) is 10.2 Å². The number of amides is 2. The molecular weight excluding hydrogens is 619 g/mol. The molecule has 13 heteroatoms. The summed E-state index contributed by atoms with van der Waals surface area (Å²) in [5.74, 6) is -0.825. The topological polar surface area (TPSA) is 96.0 Å². The highest BCUT2D eigenvalue weighted by atomic mass is 35.5. The highest BCUT2D eigenvalue weighted by molar-refractivity contribution is 7.92. The fourth-order valence-electron chi connectivity index (χ4n) is 4.45. The van der Waals surface area contributed by atoms with Gasteiger partial charge in [0.15, 0.2) is 0 Å². The van der Waals surface area contributed by atoms with Crippen molar-refractivity contribution < 1.29 is 35.9 Å². The molecule has 0 aliphatic rings. The van der Waals surface area contributed by atoms with Gasteiger partial charge in [-0.15, -0.1) is 0 Å². The summed E-state index contributed by atoms with van der Waals surface area (Å²) < 4.78 is 74.8. The van der Waals surface area contributed by atoms with Crippen molar-refractivity contribution in [3.8, 4) is 5.75 Å². The van der Waals surface area contributed by atoms with Crippen LogP contribution in [0.15, 0.2) is 77.7 Å². The van der Waals surface area contributed by atoms with Crippen LogP contribution in [0.2, 0.25) is 5.02 Å². The van der Waals surface area contributed by atoms with Crippen molar-refractivity contribution in [1.29, 1.82) is 0 Å². The minimum absolute atomic E-state index is 0.123. The molecule has 3 aromatic carbocycles. The van der Waals surface area contributed by atoms with Crippen molar-refractivity contribution in [2.24, 2.45) is 0 Å². The summed E-state index contributed by atoms with van der Waals surface area (Å²) >= 11 is 6.30. The Morgan fingerprint density at radius 3 is 2.20 bits per heavy atom. The van der Waals surface area contributed by atoms with Crippen molar-refractivity contribution in [2.45, 2.75) is 63.3 Å². The number of benzene rings is 3. The second-order valence-corrected chi connectivity index (χ2v) is 13.3. The average molecular weight is 654 g/mol. The molecule has 0 unspecified atom stereocenters. The molecule has 1 atom stereocenters. The van der Waals surface area contributed by atoms with E-state index in [1.807, 2.05) is 0 Å². The van der Waals surface area contributed by atoms with Crippen LogP contribution in [0, 0.1) is 0 Å². The summed E-state index contributed by atoms with van der Waals surface area (Å²) in [5, 5.41) is 2.54. The number of sulfonamides is 1. The van der Waals surface area contributed by atoms with Crippen molar-refractivity contribution in [2.75, 3.05) is 18.0 Å². The maximum atomic E-state index is 14.2. The van der Waals surface area contributed by atoms with Crippen LogP contribution in [0.3, 0.4) is 0 Å². The first-order chi connectivity index (χ1) is 20.5. The number of nitrogens with zero attached hydrogens (tertiary/aromatic N) is 2. The van der Waals surface area contributed by atoms with E-state index >= 15 is 0 Å². The zero-order valence-corrected chi connectivity index (χ0v) is 26.6. The third kappa shape index (κ3) is 8.66. The molecule has 3 aromatic rings. The van der Waals surface area contributed by atoms with Gasteiger partial charge >= 0.3 is 6.18 Å². The number of methoxy groups -OCH3 is 1. The third-order valence-corrected chi connectivity index (χ3v) is 8.62. The molecule has 0 fully saturated rings. The van der Waals surface area contributed by atoms with Gasteiger partial charge in [0.05, 0.1) is 28.3 Å². The van der Waals surface area contributed by atoms with E-state index in [1.54, 1.807) is 58.0 Å². The van der Waals surface area contributed by atoms with Gasteiger partial charge in [0.2, 0.25) is 11.8 Å². The zero-order chi connectivity index (χ0) is 32.9. The van der Waals surface area contributed by atoms with Gasteiger partial charge in [0.1, 0.15) is 18.3 Å². The van der Waals surface area contributed by atoms with E-state index < -0.39 is 57.4 Å². The van der Waals surface area contributed by atoms with Crippen LogP contribution in [0.4, 0.5) is 18.9 Å². The summed E-state index contributed by atoms with van der Waals surface area (Å²) in [6.45, 7) is 5.95. The van der Waals surface area contributed by atoms with E-state index in [4.69, 9.17) is 16.3 Å². The fourth-order valence-corrected chi connectivity index (χ4v) is 6.17. The Bertz CT molecular complexity index is 1580. The summed E-state index contributed by atoms with van der Waals surface area (Å²) in [7, 11) is -3.15. The van der Waals surface area contributed by atoms with Crippen LogP contribution >= 0.6 is 11.6 Å². The number of alkyl halides is 3. The number of anilines is 1. The Labute approximate surface area is 260 Å². The first kappa shape index (κ1) is 34.7. The lowest BCUT2D eigenvalue weighted by Gasteiger charge is -2.35. The molecule has 3 rings (SSSR count). The Morgan fingerprint density at radius 1 is 0.977 bits per heavy atom. The van der Waals surface area contributed by atoms with Crippen molar-refractivity contribution in [3.63, 3.8) is 0 Å². The molecule has 0 aromatic heterocycles. The molecule has 0 bridgehead atoms. The van der Waals surface area contributed by atoms with E-state index in [0.29, 0.717) is 21.7 Å². The predicted molar refractivity (Wildman–Crippen MR) is 163 cm³/mol. The normalized spacial score (nSPS) is 12.8. The molecule has 1 N–H and O–H groups in total. The predicted octanol–water partition coefficient (Wildman–Crippen LogP) is 6.28. The molecule has 8 nitrogen and oxygen atoms in total. The second kappa shape index (κ2) is 13.9. The first-order valence-corrected chi connectivity index (χ1v) is 15.5. The van der Waals surface area contributed by atoms with Crippen molar-refractivity contribution >= 4 is 39.1 Å². The molecule has 238 valence electrons. The minimum Gasteiger partial charge on any atom is -0.497 e. The van der Waals surface area contributed by atoms with Crippen LogP contribution in [0.1, 0.15) is 45.2 Å². The Hall–Kier alpha value is -3.77. The summed E-state index contributed by atoms with van der Waals surface area (Å²) in [5.41, 5.74) is -1.76.